The Hall–Kier alpha value is -1.06. The van der Waals surface area contributed by atoms with Gasteiger partial charge in [-0.3, -0.25) is 0 Å². The predicted octanol–water partition coefficient (Wildman–Crippen LogP) is 2.51. The fourth-order valence-electron chi connectivity index (χ4n) is 1.73. The van der Waals surface area contributed by atoms with Crippen molar-refractivity contribution in [1.29, 1.82) is 0 Å². The summed E-state index contributed by atoms with van der Waals surface area (Å²) in [7, 11) is 8.37. The van der Waals surface area contributed by atoms with Crippen molar-refractivity contribution in [3.8, 4) is 5.75 Å². The fourth-order valence-corrected chi connectivity index (χ4v) is 1.73. The summed E-state index contributed by atoms with van der Waals surface area (Å²) in [6, 6.07) is 9.12. The third kappa shape index (κ3) is 6.60. The third-order valence-corrected chi connectivity index (χ3v) is 3.46. The van der Waals surface area contributed by atoms with Crippen LogP contribution >= 0.6 is 0 Å². The maximum absolute atomic E-state index is 5.69. The van der Waals surface area contributed by atoms with E-state index in [1.165, 1.54) is 12.0 Å². The molecule has 0 spiro atoms. The van der Waals surface area contributed by atoms with E-state index in [4.69, 9.17) is 4.74 Å². The highest BCUT2D eigenvalue weighted by Gasteiger charge is 2.04. The molecule has 0 heterocycles. The van der Waals surface area contributed by atoms with Crippen molar-refractivity contribution in [2.45, 2.75) is 25.8 Å². The second-order valence-corrected chi connectivity index (χ2v) is 5.65. The monoisotopic (exact) mass is 264 g/mol. The first-order chi connectivity index (χ1) is 8.99. The molecule has 0 saturated carbocycles. The number of likely N-dealkylation sites (N-methyl/N-ethyl adjacent to an activating group) is 1. The van der Waals surface area contributed by atoms with Gasteiger partial charge in [-0.1, -0.05) is 12.1 Å². The molecule has 1 unspecified atom stereocenters. The lowest BCUT2D eigenvalue weighted by molar-refractivity contribution is 0.261. The second kappa shape index (κ2) is 8.18. The Morgan fingerprint density at radius 1 is 1.05 bits per heavy atom. The highest BCUT2D eigenvalue weighted by atomic mass is 16.5. The SMILES string of the molecule is CC(CCc1ccc(OCCN(C)C)cc1)N(C)C. The summed E-state index contributed by atoms with van der Waals surface area (Å²) in [5, 5.41) is 0. The molecular weight excluding hydrogens is 236 g/mol. The zero-order valence-corrected chi connectivity index (χ0v) is 13.0. The van der Waals surface area contributed by atoms with Gasteiger partial charge in [0, 0.05) is 12.6 Å². The van der Waals surface area contributed by atoms with E-state index in [-0.39, 0.29) is 0 Å². The average Bonchev–Trinajstić information content (AvgIpc) is 2.37. The number of nitrogens with zero attached hydrogens (tertiary/aromatic N) is 2. The molecule has 0 bridgehead atoms. The van der Waals surface area contributed by atoms with Crippen LogP contribution in [-0.2, 0) is 6.42 Å². The van der Waals surface area contributed by atoms with E-state index >= 15 is 0 Å². The van der Waals surface area contributed by atoms with Crippen LogP contribution in [0.4, 0.5) is 0 Å². The van der Waals surface area contributed by atoms with Crippen molar-refractivity contribution < 1.29 is 4.74 Å². The normalized spacial score (nSPS) is 13.0. The second-order valence-electron chi connectivity index (χ2n) is 5.65. The summed E-state index contributed by atoms with van der Waals surface area (Å²) in [5.74, 6) is 0.964. The van der Waals surface area contributed by atoms with Crippen LogP contribution < -0.4 is 4.74 Å². The summed E-state index contributed by atoms with van der Waals surface area (Å²) in [6.07, 6.45) is 2.31. The van der Waals surface area contributed by atoms with Crippen LogP contribution in [0.5, 0.6) is 5.75 Å². The Morgan fingerprint density at radius 2 is 1.68 bits per heavy atom. The molecule has 0 aromatic heterocycles. The molecule has 0 saturated heterocycles. The molecule has 0 aliphatic heterocycles. The smallest absolute Gasteiger partial charge is 0.119 e. The Kier molecular flexibility index (Phi) is 6.89. The van der Waals surface area contributed by atoms with Crippen LogP contribution in [0.1, 0.15) is 18.9 Å². The predicted molar refractivity (Wildman–Crippen MR) is 82.0 cm³/mol. The fraction of sp³-hybridized carbons (Fsp3) is 0.625. The largest absolute Gasteiger partial charge is 0.492 e. The van der Waals surface area contributed by atoms with E-state index in [1.54, 1.807) is 0 Å². The molecule has 0 radical (unpaired) electrons. The van der Waals surface area contributed by atoms with E-state index in [0.29, 0.717) is 6.04 Å². The van der Waals surface area contributed by atoms with Crippen molar-refractivity contribution in [1.82, 2.24) is 9.80 Å². The maximum Gasteiger partial charge on any atom is 0.119 e. The molecule has 0 N–H and O–H groups in total. The molecule has 1 rings (SSSR count). The molecule has 0 amide bonds. The Bertz CT molecular complexity index is 346. The van der Waals surface area contributed by atoms with Crippen LogP contribution in [0, 0.1) is 0 Å². The minimum atomic E-state index is 0.621. The van der Waals surface area contributed by atoms with Gasteiger partial charge >= 0.3 is 0 Å². The van der Waals surface area contributed by atoms with Crippen molar-refractivity contribution in [3.05, 3.63) is 29.8 Å². The summed E-state index contributed by atoms with van der Waals surface area (Å²) in [6.45, 7) is 3.95. The number of benzene rings is 1. The number of rotatable bonds is 8. The number of hydrogen-bond donors (Lipinski definition) is 0. The van der Waals surface area contributed by atoms with Crippen molar-refractivity contribution in [2.24, 2.45) is 0 Å². The number of ether oxygens (including phenoxy) is 1. The van der Waals surface area contributed by atoms with Gasteiger partial charge in [-0.25, -0.2) is 0 Å². The summed E-state index contributed by atoms with van der Waals surface area (Å²) in [4.78, 5) is 4.38. The quantitative estimate of drug-likeness (QED) is 0.717. The van der Waals surface area contributed by atoms with Gasteiger partial charge < -0.3 is 14.5 Å². The van der Waals surface area contributed by atoms with Crippen LogP contribution in [0.25, 0.3) is 0 Å². The Morgan fingerprint density at radius 3 is 2.21 bits per heavy atom. The Balaban J connectivity index is 2.35. The van der Waals surface area contributed by atoms with E-state index in [0.717, 1.165) is 25.3 Å². The lowest BCUT2D eigenvalue weighted by Crippen LogP contribution is -2.24. The van der Waals surface area contributed by atoms with Gasteiger partial charge in [0.2, 0.25) is 0 Å². The molecule has 19 heavy (non-hydrogen) atoms. The number of aryl methyl sites for hydroxylation is 1. The molecule has 0 aliphatic carbocycles. The molecule has 3 heteroatoms. The molecular formula is C16H28N2O. The van der Waals surface area contributed by atoms with Gasteiger partial charge in [-0.15, -0.1) is 0 Å². The van der Waals surface area contributed by atoms with E-state index in [9.17, 15) is 0 Å². The van der Waals surface area contributed by atoms with Crippen LogP contribution in [0.3, 0.4) is 0 Å². The first-order valence-corrected chi connectivity index (χ1v) is 7.02. The van der Waals surface area contributed by atoms with E-state index in [2.05, 4.69) is 69.2 Å². The summed E-state index contributed by atoms with van der Waals surface area (Å²) in [5.41, 5.74) is 1.38. The van der Waals surface area contributed by atoms with Gasteiger partial charge in [0.15, 0.2) is 0 Å². The number of hydrogen-bond acceptors (Lipinski definition) is 3. The minimum Gasteiger partial charge on any atom is -0.492 e. The summed E-state index contributed by atoms with van der Waals surface area (Å²) >= 11 is 0. The molecule has 0 aliphatic rings. The van der Waals surface area contributed by atoms with E-state index in [1.807, 2.05) is 0 Å². The maximum atomic E-state index is 5.69. The molecule has 1 aromatic carbocycles. The van der Waals surface area contributed by atoms with Gasteiger partial charge in [0.25, 0.3) is 0 Å². The van der Waals surface area contributed by atoms with Gasteiger partial charge in [-0.2, -0.15) is 0 Å². The average molecular weight is 264 g/mol. The van der Waals surface area contributed by atoms with Crippen molar-refractivity contribution in [3.63, 3.8) is 0 Å². The van der Waals surface area contributed by atoms with Gasteiger partial charge in [0.05, 0.1) is 0 Å². The van der Waals surface area contributed by atoms with Crippen molar-refractivity contribution >= 4 is 0 Å². The van der Waals surface area contributed by atoms with Crippen LogP contribution in [0.15, 0.2) is 24.3 Å². The van der Waals surface area contributed by atoms with Crippen molar-refractivity contribution in [2.75, 3.05) is 41.3 Å². The van der Waals surface area contributed by atoms with E-state index < -0.39 is 0 Å². The first kappa shape index (κ1) is 16.0. The van der Waals surface area contributed by atoms with Crippen LogP contribution in [0.2, 0.25) is 0 Å². The highest BCUT2D eigenvalue weighted by molar-refractivity contribution is 5.27. The highest BCUT2D eigenvalue weighted by Crippen LogP contribution is 2.14. The zero-order chi connectivity index (χ0) is 14.3. The topological polar surface area (TPSA) is 15.7 Å². The standard InChI is InChI=1S/C16H28N2O/c1-14(18(4)5)6-7-15-8-10-16(11-9-15)19-13-12-17(2)3/h8-11,14H,6-7,12-13H2,1-5H3. The molecule has 1 aromatic rings. The van der Waals surface area contributed by atoms with Gasteiger partial charge in [-0.05, 0) is 65.7 Å². The Labute approximate surface area is 118 Å². The molecule has 0 fully saturated rings. The molecule has 108 valence electrons. The third-order valence-electron chi connectivity index (χ3n) is 3.46. The molecule has 3 nitrogen and oxygen atoms in total. The lowest BCUT2D eigenvalue weighted by Gasteiger charge is -2.19. The van der Waals surface area contributed by atoms with Gasteiger partial charge in [0.1, 0.15) is 12.4 Å². The minimum absolute atomic E-state index is 0.621. The first-order valence-electron chi connectivity index (χ1n) is 7.02. The molecule has 1 atom stereocenters. The lowest BCUT2D eigenvalue weighted by atomic mass is 10.1. The summed E-state index contributed by atoms with van der Waals surface area (Å²) < 4.78 is 5.69. The van der Waals surface area contributed by atoms with Crippen LogP contribution in [-0.4, -0.2) is 57.2 Å². The zero-order valence-electron chi connectivity index (χ0n) is 13.0.